The van der Waals surface area contributed by atoms with Crippen LogP contribution in [0, 0.1) is 12.8 Å². The molecule has 1 aromatic heterocycles. The molecule has 2 atom stereocenters. The summed E-state index contributed by atoms with van der Waals surface area (Å²) in [5.41, 5.74) is 2.01. The van der Waals surface area contributed by atoms with Crippen LogP contribution in [0.2, 0.25) is 0 Å². The van der Waals surface area contributed by atoms with Crippen LogP contribution in [-0.2, 0) is 4.79 Å². The predicted octanol–water partition coefficient (Wildman–Crippen LogP) is 3.16. The van der Waals surface area contributed by atoms with E-state index in [9.17, 15) is 4.79 Å². The normalized spacial score (nSPS) is 13.4. The minimum atomic E-state index is -0.0632. The summed E-state index contributed by atoms with van der Waals surface area (Å²) in [6, 6.07) is 7.80. The van der Waals surface area contributed by atoms with Crippen molar-refractivity contribution in [2.75, 3.05) is 20.7 Å². The molecule has 1 amide bonds. The monoisotopic (exact) mass is 347 g/mol. The van der Waals surface area contributed by atoms with E-state index in [1.165, 1.54) is 0 Å². The fraction of sp³-hybridized carbons (Fsp3) is 0.444. The number of nitrogens with one attached hydrogen (secondary N) is 2. The Morgan fingerprint density at radius 2 is 1.96 bits per heavy atom. The van der Waals surface area contributed by atoms with Crippen LogP contribution in [-0.4, -0.2) is 31.6 Å². The minimum absolute atomic E-state index is 0.0515. The number of carbonyl (C=O) groups excluding carboxylic acids is 1. The van der Waals surface area contributed by atoms with Gasteiger partial charge in [0.05, 0.1) is 23.7 Å². The maximum Gasteiger partial charge on any atom is 0.224 e. The van der Waals surface area contributed by atoms with E-state index in [-0.39, 0.29) is 17.9 Å². The third-order valence-corrected chi connectivity index (χ3v) is 5.27. The van der Waals surface area contributed by atoms with Gasteiger partial charge in [0.1, 0.15) is 10.8 Å². The molecule has 0 fully saturated rings. The predicted molar refractivity (Wildman–Crippen MR) is 98.5 cm³/mol. The Morgan fingerprint density at radius 3 is 2.54 bits per heavy atom. The molecule has 1 aromatic carbocycles. The van der Waals surface area contributed by atoms with Crippen molar-refractivity contribution < 1.29 is 9.53 Å². The highest BCUT2D eigenvalue weighted by molar-refractivity contribution is 7.15. The van der Waals surface area contributed by atoms with Crippen molar-refractivity contribution in [1.82, 2.24) is 15.6 Å². The van der Waals surface area contributed by atoms with Crippen molar-refractivity contribution >= 4 is 17.2 Å². The number of hydrogen-bond acceptors (Lipinski definition) is 5. The molecule has 0 saturated heterocycles. The van der Waals surface area contributed by atoms with Crippen LogP contribution < -0.4 is 15.4 Å². The zero-order chi connectivity index (χ0) is 17.7. The molecule has 6 heteroatoms. The number of thiazole rings is 1. The summed E-state index contributed by atoms with van der Waals surface area (Å²) in [6.07, 6.45) is 0. The molecule has 0 bridgehead atoms. The van der Waals surface area contributed by atoms with Gasteiger partial charge >= 0.3 is 0 Å². The summed E-state index contributed by atoms with van der Waals surface area (Å²) in [7, 11) is 3.50. The van der Waals surface area contributed by atoms with Crippen molar-refractivity contribution in [3.8, 4) is 16.3 Å². The van der Waals surface area contributed by atoms with Gasteiger partial charge in [-0.25, -0.2) is 4.98 Å². The highest BCUT2D eigenvalue weighted by Gasteiger charge is 2.19. The van der Waals surface area contributed by atoms with Crippen molar-refractivity contribution in [2.24, 2.45) is 5.92 Å². The summed E-state index contributed by atoms with van der Waals surface area (Å²) in [5.74, 6) is 0.814. The molecule has 2 aromatic rings. The maximum atomic E-state index is 12.2. The molecule has 0 aliphatic carbocycles. The molecule has 24 heavy (non-hydrogen) atoms. The van der Waals surface area contributed by atoms with Gasteiger partial charge in [-0.1, -0.05) is 6.92 Å². The smallest absolute Gasteiger partial charge is 0.224 e. The van der Waals surface area contributed by atoms with E-state index < -0.39 is 0 Å². The Labute approximate surface area is 147 Å². The Balaban J connectivity index is 2.13. The van der Waals surface area contributed by atoms with Crippen LogP contribution in [0.25, 0.3) is 10.6 Å². The molecule has 1 heterocycles. The molecule has 0 aliphatic heterocycles. The summed E-state index contributed by atoms with van der Waals surface area (Å²) >= 11 is 1.62. The van der Waals surface area contributed by atoms with Crippen LogP contribution in [0.3, 0.4) is 0 Å². The van der Waals surface area contributed by atoms with Crippen LogP contribution in [0.15, 0.2) is 24.3 Å². The van der Waals surface area contributed by atoms with E-state index in [0.717, 1.165) is 26.9 Å². The lowest BCUT2D eigenvalue weighted by Gasteiger charge is -2.16. The molecular weight excluding hydrogens is 322 g/mol. The Hall–Kier alpha value is -1.92. The van der Waals surface area contributed by atoms with Crippen molar-refractivity contribution in [3.05, 3.63) is 34.8 Å². The number of carbonyl (C=O) groups is 1. The fourth-order valence-corrected chi connectivity index (χ4v) is 3.56. The second-order valence-corrected chi connectivity index (χ2v) is 6.92. The van der Waals surface area contributed by atoms with Crippen LogP contribution in [0.4, 0.5) is 0 Å². The van der Waals surface area contributed by atoms with Crippen molar-refractivity contribution in [2.45, 2.75) is 26.8 Å². The van der Waals surface area contributed by atoms with Gasteiger partial charge in [0.2, 0.25) is 5.91 Å². The zero-order valence-electron chi connectivity index (χ0n) is 14.8. The number of methoxy groups -OCH3 is 1. The lowest BCUT2D eigenvalue weighted by molar-refractivity contribution is -0.125. The number of rotatable bonds is 7. The number of nitrogens with zero attached hydrogens (tertiary/aromatic N) is 1. The van der Waals surface area contributed by atoms with E-state index >= 15 is 0 Å². The lowest BCUT2D eigenvalue weighted by Crippen LogP contribution is -2.35. The molecule has 2 rings (SSSR count). The summed E-state index contributed by atoms with van der Waals surface area (Å²) < 4.78 is 5.19. The Bertz CT molecular complexity index is 682. The van der Waals surface area contributed by atoms with Crippen LogP contribution >= 0.6 is 11.3 Å². The van der Waals surface area contributed by atoms with Crippen LogP contribution in [0.1, 0.15) is 30.5 Å². The average Bonchev–Trinajstić information content (AvgIpc) is 2.97. The Morgan fingerprint density at radius 1 is 1.29 bits per heavy atom. The SMILES string of the molecule is CNC[C@@H](C)C(=O)N[C@@H](C)c1sc(-c2ccc(OC)cc2)nc1C. The van der Waals surface area contributed by atoms with Gasteiger partial charge in [0.15, 0.2) is 0 Å². The summed E-state index contributed by atoms with van der Waals surface area (Å²) in [6.45, 7) is 6.57. The molecule has 2 N–H and O–H groups in total. The average molecular weight is 347 g/mol. The molecule has 0 aliphatic rings. The van der Waals surface area contributed by atoms with Crippen LogP contribution in [0.5, 0.6) is 5.75 Å². The largest absolute Gasteiger partial charge is 0.497 e. The number of amides is 1. The first kappa shape index (κ1) is 18.4. The van der Waals surface area contributed by atoms with E-state index in [0.29, 0.717) is 6.54 Å². The first-order valence-electron chi connectivity index (χ1n) is 8.03. The lowest BCUT2D eigenvalue weighted by atomic mass is 10.1. The number of hydrogen-bond donors (Lipinski definition) is 2. The second-order valence-electron chi connectivity index (χ2n) is 5.89. The minimum Gasteiger partial charge on any atom is -0.497 e. The molecule has 5 nitrogen and oxygen atoms in total. The van der Waals surface area contributed by atoms with Gasteiger partial charge in [-0.15, -0.1) is 11.3 Å². The van der Waals surface area contributed by atoms with E-state index in [2.05, 4.69) is 15.6 Å². The number of ether oxygens (including phenoxy) is 1. The number of aryl methyl sites for hydroxylation is 1. The topological polar surface area (TPSA) is 63.2 Å². The van der Waals surface area contributed by atoms with Gasteiger partial charge in [0, 0.05) is 18.0 Å². The molecule has 0 radical (unpaired) electrons. The first-order valence-corrected chi connectivity index (χ1v) is 8.84. The molecule has 0 saturated carbocycles. The molecular formula is C18H25N3O2S. The van der Waals surface area contributed by atoms with Gasteiger partial charge in [-0.2, -0.15) is 0 Å². The molecule has 130 valence electrons. The van der Waals surface area contributed by atoms with Gasteiger partial charge < -0.3 is 15.4 Å². The first-order chi connectivity index (χ1) is 11.5. The van der Waals surface area contributed by atoms with Crippen molar-refractivity contribution in [3.63, 3.8) is 0 Å². The van der Waals surface area contributed by atoms with E-state index in [1.54, 1.807) is 18.4 Å². The van der Waals surface area contributed by atoms with Gasteiger partial charge in [0.25, 0.3) is 0 Å². The van der Waals surface area contributed by atoms with Gasteiger partial charge in [-0.05, 0) is 45.2 Å². The molecule has 0 spiro atoms. The van der Waals surface area contributed by atoms with Gasteiger partial charge in [-0.3, -0.25) is 4.79 Å². The number of benzene rings is 1. The quantitative estimate of drug-likeness (QED) is 0.807. The third-order valence-electron chi connectivity index (χ3n) is 3.88. The maximum absolute atomic E-state index is 12.2. The van der Waals surface area contributed by atoms with Crippen molar-refractivity contribution in [1.29, 1.82) is 0 Å². The summed E-state index contributed by atoms with van der Waals surface area (Å²) in [5, 5.41) is 7.06. The second kappa shape index (κ2) is 8.26. The Kier molecular flexibility index (Phi) is 6.34. The van der Waals surface area contributed by atoms with E-state index in [1.807, 2.05) is 52.1 Å². The fourth-order valence-electron chi connectivity index (χ4n) is 2.49. The number of aromatic nitrogens is 1. The van der Waals surface area contributed by atoms with E-state index in [4.69, 9.17) is 4.74 Å². The zero-order valence-corrected chi connectivity index (χ0v) is 15.7. The molecule has 0 unspecified atom stereocenters. The standard InChI is InChI=1S/C18H25N3O2S/c1-11(10-19-4)17(22)20-12(2)16-13(3)21-18(24-16)14-6-8-15(23-5)9-7-14/h6-9,11-12,19H,10H2,1-5H3,(H,20,22)/t11-,12+/m1/s1. The summed E-state index contributed by atoms with van der Waals surface area (Å²) in [4.78, 5) is 17.9. The highest BCUT2D eigenvalue weighted by Crippen LogP contribution is 2.32. The third kappa shape index (κ3) is 4.33. The highest BCUT2D eigenvalue weighted by atomic mass is 32.1.